The van der Waals surface area contributed by atoms with Crippen molar-refractivity contribution in [3.8, 4) is 0 Å². The van der Waals surface area contributed by atoms with Crippen LogP contribution in [0.5, 0.6) is 0 Å². The highest BCUT2D eigenvalue weighted by molar-refractivity contribution is 6.00. The topological polar surface area (TPSA) is 55.4 Å². The van der Waals surface area contributed by atoms with Gasteiger partial charge in [0.05, 0.1) is 0 Å². The summed E-state index contributed by atoms with van der Waals surface area (Å²) < 4.78 is 5.29. The maximum atomic E-state index is 11.9. The molecule has 0 bridgehead atoms. The summed E-state index contributed by atoms with van der Waals surface area (Å²) in [6.45, 7) is 5.43. The maximum Gasteiger partial charge on any atom is 0.329 e. The maximum absolute atomic E-state index is 11.9. The Bertz CT molecular complexity index is 488. The molecule has 0 saturated heterocycles. The molecule has 1 aromatic carbocycles. The fourth-order valence-corrected chi connectivity index (χ4v) is 1.94. The highest BCUT2D eigenvalue weighted by Gasteiger charge is 2.31. The van der Waals surface area contributed by atoms with Crippen LogP contribution >= 0.6 is 0 Å². The Kier molecular flexibility index (Phi) is 3.11. The standard InChI is InChI=1S/C14H17NO3/c1-14(2,3)18-13(17)11-8-9-6-4-5-7-10(9)12(16)15-11/h4-7,11H,8H2,1-3H3,(H,15,16)/t11-/m0/s1. The van der Waals surface area contributed by atoms with Gasteiger partial charge in [0.1, 0.15) is 11.6 Å². The molecule has 1 aliphatic heterocycles. The Morgan fingerprint density at radius 2 is 2.00 bits per heavy atom. The van der Waals surface area contributed by atoms with Gasteiger partial charge in [-0.15, -0.1) is 0 Å². The first-order chi connectivity index (χ1) is 8.37. The molecular formula is C14H17NO3. The van der Waals surface area contributed by atoms with E-state index in [1.807, 2.05) is 39.0 Å². The molecule has 1 heterocycles. The van der Waals surface area contributed by atoms with Gasteiger partial charge in [0.2, 0.25) is 0 Å². The van der Waals surface area contributed by atoms with Gasteiger partial charge >= 0.3 is 5.97 Å². The number of ether oxygens (including phenoxy) is 1. The number of amides is 1. The van der Waals surface area contributed by atoms with Crippen LogP contribution < -0.4 is 5.32 Å². The lowest BCUT2D eigenvalue weighted by Crippen LogP contribution is -2.48. The van der Waals surface area contributed by atoms with Gasteiger partial charge in [-0.1, -0.05) is 18.2 Å². The molecule has 96 valence electrons. The van der Waals surface area contributed by atoms with Crippen LogP contribution in [0.1, 0.15) is 36.7 Å². The second kappa shape index (κ2) is 4.44. The molecule has 0 fully saturated rings. The predicted octanol–water partition coefficient (Wildman–Crippen LogP) is 1.68. The molecule has 0 radical (unpaired) electrons. The minimum Gasteiger partial charge on any atom is -0.458 e. The van der Waals surface area contributed by atoms with Crippen LogP contribution in [0.25, 0.3) is 0 Å². The van der Waals surface area contributed by atoms with E-state index in [1.54, 1.807) is 6.07 Å². The molecule has 18 heavy (non-hydrogen) atoms. The lowest BCUT2D eigenvalue weighted by Gasteiger charge is -2.27. The van der Waals surface area contributed by atoms with Gasteiger partial charge in [0.15, 0.2) is 0 Å². The number of hydrogen-bond donors (Lipinski definition) is 1. The normalized spacial score (nSPS) is 18.8. The molecule has 1 aromatic rings. The van der Waals surface area contributed by atoms with Crippen LogP contribution in [-0.4, -0.2) is 23.5 Å². The molecule has 1 aliphatic rings. The summed E-state index contributed by atoms with van der Waals surface area (Å²) in [5.41, 5.74) is 0.980. The number of benzene rings is 1. The minimum atomic E-state index is -0.591. The Morgan fingerprint density at radius 1 is 1.33 bits per heavy atom. The third-order valence-corrected chi connectivity index (χ3v) is 2.68. The second-order valence-corrected chi connectivity index (χ2v) is 5.42. The molecule has 4 heteroatoms. The van der Waals surface area contributed by atoms with Gasteiger partial charge < -0.3 is 10.1 Å². The summed E-state index contributed by atoms with van der Waals surface area (Å²) in [6.07, 6.45) is 0.483. The summed E-state index contributed by atoms with van der Waals surface area (Å²) in [4.78, 5) is 23.8. The van der Waals surface area contributed by atoms with Crippen LogP contribution in [0.15, 0.2) is 24.3 Å². The Morgan fingerprint density at radius 3 is 2.67 bits per heavy atom. The van der Waals surface area contributed by atoms with Crippen molar-refractivity contribution < 1.29 is 14.3 Å². The van der Waals surface area contributed by atoms with Crippen LogP contribution in [0.4, 0.5) is 0 Å². The fourth-order valence-electron chi connectivity index (χ4n) is 1.94. The molecule has 1 atom stereocenters. The van der Waals surface area contributed by atoms with Crippen molar-refractivity contribution in [2.75, 3.05) is 0 Å². The average molecular weight is 247 g/mol. The molecule has 0 spiro atoms. The van der Waals surface area contributed by atoms with Crippen molar-refractivity contribution in [2.24, 2.45) is 0 Å². The van der Waals surface area contributed by atoms with Crippen molar-refractivity contribution in [2.45, 2.75) is 38.8 Å². The first-order valence-corrected chi connectivity index (χ1v) is 5.98. The monoisotopic (exact) mass is 247 g/mol. The molecule has 1 N–H and O–H groups in total. The van der Waals surface area contributed by atoms with Crippen molar-refractivity contribution in [3.05, 3.63) is 35.4 Å². The third kappa shape index (κ3) is 2.70. The lowest BCUT2D eigenvalue weighted by molar-refractivity contribution is -0.157. The highest BCUT2D eigenvalue weighted by atomic mass is 16.6. The average Bonchev–Trinajstić information content (AvgIpc) is 2.26. The number of carbonyl (C=O) groups excluding carboxylic acids is 2. The minimum absolute atomic E-state index is 0.215. The zero-order valence-electron chi connectivity index (χ0n) is 10.8. The van der Waals surface area contributed by atoms with Crippen molar-refractivity contribution in [1.29, 1.82) is 0 Å². The van der Waals surface area contributed by atoms with E-state index in [2.05, 4.69) is 5.32 Å². The van der Waals surface area contributed by atoms with Gasteiger partial charge in [-0.25, -0.2) is 4.79 Å². The van der Waals surface area contributed by atoms with E-state index in [9.17, 15) is 9.59 Å². The number of esters is 1. The van der Waals surface area contributed by atoms with Gasteiger partial charge in [-0.3, -0.25) is 4.79 Å². The van der Waals surface area contributed by atoms with E-state index in [0.717, 1.165) is 5.56 Å². The van der Waals surface area contributed by atoms with Crippen LogP contribution in [0.2, 0.25) is 0 Å². The first kappa shape index (κ1) is 12.6. The molecule has 0 unspecified atom stereocenters. The van der Waals surface area contributed by atoms with Crippen molar-refractivity contribution in [3.63, 3.8) is 0 Å². The molecular weight excluding hydrogens is 230 g/mol. The third-order valence-electron chi connectivity index (χ3n) is 2.68. The highest BCUT2D eigenvalue weighted by Crippen LogP contribution is 2.18. The van der Waals surface area contributed by atoms with Crippen molar-refractivity contribution >= 4 is 11.9 Å². The van der Waals surface area contributed by atoms with Crippen LogP contribution in [-0.2, 0) is 16.0 Å². The zero-order chi connectivity index (χ0) is 13.3. The van der Waals surface area contributed by atoms with Gasteiger partial charge in [0, 0.05) is 12.0 Å². The Balaban J connectivity index is 2.16. The summed E-state index contributed by atoms with van der Waals surface area (Å²) in [5, 5.41) is 2.68. The van der Waals surface area contributed by atoms with Gasteiger partial charge in [-0.2, -0.15) is 0 Å². The van der Waals surface area contributed by atoms with E-state index >= 15 is 0 Å². The number of carbonyl (C=O) groups is 2. The Labute approximate surface area is 106 Å². The van der Waals surface area contributed by atoms with E-state index in [4.69, 9.17) is 4.74 Å². The van der Waals surface area contributed by atoms with Crippen LogP contribution in [0, 0.1) is 0 Å². The smallest absolute Gasteiger partial charge is 0.329 e. The number of nitrogens with one attached hydrogen (secondary N) is 1. The van der Waals surface area contributed by atoms with E-state index in [-0.39, 0.29) is 11.9 Å². The molecule has 0 aliphatic carbocycles. The first-order valence-electron chi connectivity index (χ1n) is 5.98. The van der Waals surface area contributed by atoms with Crippen LogP contribution in [0.3, 0.4) is 0 Å². The number of rotatable bonds is 1. The molecule has 1 amide bonds. The number of hydrogen-bond acceptors (Lipinski definition) is 3. The molecule has 0 aromatic heterocycles. The van der Waals surface area contributed by atoms with E-state index in [1.165, 1.54) is 0 Å². The summed E-state index contributed by atoms with van der Waals surface area (Å²) >= 11 is 0. The molecule has 2 rings (SSSR count). The second-order valence-electron chi connectivity index (χ2n) is 5.42. The van der Waals surface area contributed by atoms with E-state index < -0.39 is 11.6 Å². The summed E-state index contributed by atoms with van der Waals surface area (Å²) in [6, 6.07) is 6.71. The lowest BCUT2D eigenvalue weighted by atomic mass is 9.95. The van der Waals surface area contributed by atoms with E-state index in [0.29, 0.717) is 12.0 Å². The number of fused-ring (bicyclic) bond motifs is 1. The summed E-state index contributed by atoms with van der Waals surface area (Å²) in [5.74, 6) is -0.599. The molecule has 4 nitrogen and oxygen atoms in total. The zero-order valence-corrected chi connectivity index (χ0v) is 10.8. The largest absolute Gasteiger partial charge is 0.458 e. The molecule has 0 saturated carbocycles. The summed E-state index contributed by atoms with van der Waals surface area (Å²) in [7, 11) is 0. The predicted molar refractivity (Wildman–Crippen MR) is 67.2 cm³/mol. The Hall–Kier alpha value is -1.84. The quantitative estimate of drug-likeness (QED) is 0.768. The van der Waals surface area contributed by atoms with Gasteiger partial charge in [-0.05, 0) is 32.4 Å². The fraction of sp³-hybridized carbons (Fsp3) is 0.429. The van der Waals surface area contributed by atoms with Crippen molar-refractivity contribution in [1.82, 2.24) is 5.32 Å². The SMILES string of the molecule is CC(C)(C)OC(=O)[C@@H]1Cc2ccccc2C(=O)N1. The van der Waals surface area contributed by atoms with Gasteiger partial charge in [0.25, 0.3) is 5.91 Å².